The van der Waals surface area contributed by atoms with Gasteiger partial charge in [-0.3, -0.25) is 0 Å². The van der Waals surface area contributed by atoms with Crippen LogP contribution >= 0.6 is 0 Å². The topological polar surface area (TPSA) is 49.2 Å². The van der Waals surface area contributed by atoms with Crippen LogP contribution in [0, 0.1) is 6.92 Å². The maximum absolute atomic E-state index is 6.28. The smallest absolute Gasteiger partial charge is 0.215 e. The fourth-order valence-corrected chi connectivity index (χ4v) is 2.69. The standard InChI is InChI=1S/C16H21N3O2/c1-3-4-15-9-20-16(21-15,10-19-12-17-11-18-19)14-7-5-13(2)6-8-14/h5-8,11-12,15H,3-4,9-10H2,1-2H3/t15-,16+/m0/s1. The number of hydrogen-bond acceptors (Lipinski definition) is 4. The molecule has 0 amide bonds. The number of ether oxygens (including phenoxy) is 2. The highest BCUT2D eigenvalue weighted by Crippen LogP contribution is 2.37. The molecule has 0 aliphatic carbocycles. The van der Waals surface area contributed by atoms with Crippen molar-refractivity contribution in [3.8, 4) is 0 Å². The summed E-state index contributed by atoms with van der Waals surface area (Å²) in [5.74, 6) is -0.763. The van der Waals surface area contributed by atoms with Crippen LogP contribution < -0.4 is 0 Å². The molecule has 0 unspecified atom stereocenters. The van der Waals surface area contributed by atoms with E-state index in [1.54, 1.807) is 11.0 Å². The first-order valence-corrected chi connectivity index (χ1v) is 7.43. The normalized spacial score (nSPS) is 25.3. The SMILES string of the molecule is CCC[C@H]1CO[C@@](Cn2cncn2)(c2ccc(C)cc2)O1. The minimum Gasteiger partial charge on any atom is -0.342 e. The molecule has 2 atom stereocenters. The van der Waals surface area contributed by atoms with Crippen LogP contribution in [0.4, 0.5) is 0 Å². The van der Waals surface area contributed by atoms with Gasteiger partial charge in [-0.25, -0.2) is 9.67 Å². The zero-order valence-electron chi connectivity index (χ0n) is 12.5. The zero-order valence-corrected chi connectivity index (χ0v) is 12.5. The van der Waals surface area contributed by atoms with Crippen molar-refractivity contribution in [2.24, 2.45) is 0 Å². The van der Waals surface area contributed by atoms with Gasteiger partial charge in [-0.2, -0.15) is 5.10 Å². The third kappa shape index (κ3) is 2.99. The van der Waals surface area contributed by atoms with Gasteiger partial charge in [-0.1, -0.05) is 43.2 Å². The molecule has 5 heteroatoms. The monoisotopic (exact) mass is 287 g/mol. The number of nitrogens with zero attached hydrogens (tertiary/aromatic N) is 3. The first-order valence-electron chi connectivity index (χ1n) is 7.43. The molecule has 0 spiro atoms. The van der Waals surface area contributed by atoms with E-state index in [-0.39, 0.29) is 6.10 Å². The van der Waals surface area contributed by atoms with Gasteiger partial charge < -0.3 is 9.47 Å². The Morgan fingerprint density at radius 2 is 2.14 bits per heavy atom. The summed E-state index contributed by atoms with van der Waals surface area (Å²) in [7, 11) is 0. The number of hydrogen-bond donors (Lipinski definition) is 0. The molecule has 112 valence electrons. The Morgan fingerprint density at radius 3 is 2.81 bits per heavy atom. The van der Waals surface area contributed by atoms with Gasteiger partial charge in [0.1, 0.15) is 19.2 Å². The number of rotatable bonds is 5. The van der Waals surface area contributed by atoms with Crippen molar-refractivity contribution in [3.63, 3.8) is 0 Å². The van der Waals surface area contributed by atoms with Crippen molar-refractivity contribution in [2.45, 2.75) is 45.1 Å². The van der Waals surface area contributed by atoms with Crippen molar-refractivity contribution < 1.29 is 9.47 Å². The Balaban J connectivity index is 1.89. The lowest BCUT2D eigenvalue weighted by Gasteiger charge is -2.28. The van der Waals surface area contributed by atoms with Gasteiger partial charge in [0.15, 0.2) is 0 Å². The molecule has 0 N–H and O–H groups in total. The Bertz CT molecular complexity index is 568. The van der Waals surface area contributed by atoms with Gasteiger partial charge in [0.05, 0.1) is 12.7 Å². The summed E-state index contributed by atoms with van der Waals surface area (Å²) < 4.78 is 14.1. The molecular formula is C16H21N3O2. The van der Waals surface area contributed by atoms with Crippen molar-refractivity contribution in [2.75, 3.05) is 6.61 Å². The second kappa shape index (κ2) is 5.95. The minimum atomic E-state index is -0.763. The van der Waals surface area contributed by atoms with E-state index in [0.717, 1.165) is 18.4 Å². The largest absolute Gasteiger partial charge is 0.342 e. The Labute approximate surface area is 124 Å². The van der Waals surface area contributed by atoms with Crippen LogP contribution in [-0.2, 0) is 21.8 Å². The molecule has 0 saturated carbocycles. The number of aryl methyl sites for hydroxylation is 1. The van der Waals surface area contributed by atoms with Crippen LogP contribution in [0.3, 0.4) is 0 Å². The molecule has 0 bridgehead atoms. The highest BCUT2D eigenvalue weighted by molar-refractivity contribution is 5.25. The van der Waals surface area contributed by atoms with E-state index in [2.05, 4.69) is 48.2 Å². The lowest BCUT2D eigenvalue weighted by molar-refractivity contribution is -0.189. The summed E-state index contributed by atoms with van der Waals surface area (Å²) >= 11 is 0. The van der Waals surface area contributed by atoms with Crippen molar-refractivity contribution in [1.82, 2.24) is 14.8 Å². The highest BCUT2D eigenvalue weighted by atomic mass is 16.7. The maximum atomic E-state index is 6.28. The van der Waals surface area contributed by atoms with Gasteiger partial charge in [0.25, 0.3) is 0 Å². The molecule has 5 nitrogen and oxygen atoms in total. The predicted molar refractivity (Wildman–Crippen MR) is 78.6 cm³/mol. The van der Waals surface area contributed by atoms with Crippen molar-refractivity contribution in [3.05, 3.63) is 48.0 Å². The van der Waals surface area contributed by atoms with E-state index in [1.165, 1.54) is 11.9 Å². The first kappa shape index (κ1) is 14.2. The Morgan fingerprint density at radius 1 is 1.33 bits per heavy atom. The van der Waals surface area contributed by atoms with Gasteiger partial charge in [-0.15, -0.1) is 0 Å². The molecule has 1 aliphatic rings. The van der Waals surface area contributed by atoms with Crippen LogP contribution in [0.1, 0.15) is 30.9 Å². The molecule has 3 rings (SSSR count). The molecule has 0 radical (unpaired) electrons. The molecule has 1 fully saturated rings. The van der Waals surface area contributed by atoms with E-state index in [1.807, 2.05) is 0 Å². The zero-order chi connectivity index (χ0) is 14.7. The van der Waals surface area contributed by atoms with Crippen molar-refractivity contribution >= 4 is 0 Å². The molecular weight excluding hydrogens is 266 g/mol. The predicted octanol–water partition coefficient (Wildman–Crippen LogP) is 2.66. The van der Waals surface area contributed by atoms with Crippen LogP contribution in [0.5, 0.6) is 0 Å². The summed E-state index contributed by atoms with van der Waals surface area (Å²) in [5, 5.41) is 4.18. The Hall–Kier alpha value is -1.72. The number of benzene rings is 1. The first-order chi connectivity index (χ1) is 10.2. The van der Waals surface area contributed by atoms with Crippen LogP contribution in [0.25, 0.3) is 0 Å². The third-order valence-electron chi connectivity index (χ3n) is 3.80. The second-order valence-corrected chi connectivity index (χ2v) is 5.55. The van der Waals surface area contributed by atoms with Crippen LogP contribution in [0.15, 0.2) is 36.9 Å². The van der Waals surface area contributed by atoms with E-state index >= 15 is 0 Å². The average molecular weight is 287 g/mol. The molecule has 21 heavy (non-hydrogen) atoms. The van der Waals surface area contributed by atoms with Crippen LogP contribution in [-0.4, -0.2) is 27.5 Å². The lowest BCUT2D eigenvalue weighted by Crippen LogP contribution is -2.34. The lowest BCUT2D eigenvalue weighted by atomic mass is 10.0. The third-order valence-corrected chi connectivity index (χ3v) is 3.80. The van der Waals surface area contributed by atoms with Gasteiger partial charge in [-0.05, 0) is 13.3 Å². The average Bonchev–Trinajstić information content (AvgIpc) is 3.11. The highest BCUT2D eigenvalue weighted by Gasteiger charge is 2.43. The summed E-state index contributed by atoms with van der Waals surface area (Å²) in [5.41, 5.74) is 2.25. The van der Waals surface area contributed by atoms with Gasteiger partial charge in [0.2, 0.25) is 5.79 Å². The summed E-state index contributed by atoms with van der Waals surface area (Å²) in [6.07, 6.45) is 5.45. The fourth-order valence-electron chi connectivity index (χ4n) is 2.69. The summed E-state index contributed by atoms with van der Waals surface area (Å²) in [6, 6.07) is 8.30. The fraction of sp³-hybridized carbons (Fsp3) is 0.500. The molecule has 2 heterocycles. The van der Waals surface area contributed by atoms with Gasteiger partial charge in [0, 0.05) is 5.56 Å². The molecule has 1 aliphatic heterocycles. The summed E-state index contributed by atoms with van der Waals surface area (Å²) in [4.78, 5) is 4.00. The van der Waals surface area contributed by atoms with E-state index in [0.29, 0.717) is 13.2 Å². The molecule has 2 aromatic rings. The minimum absolute atomic E-state index is 0.139. The molecule has 1 saturated heterocycles. The van der Waals surface area contributed by atoms with E-state index in [9.17, 15) is 0 Å². The second-order valence-electron chi connectivity index (χ2n) is 5.55. The molecule has 1 aromatic carbocycles. The van der Waals surface area contributed by atoms with Gasteiger partial charge >= 0.3 is 0 Å². The molecule has 1 aromatic heterocycles. The van der Waals surface area contributed by atoms with Crippen LogP contribution in [0.2, 0.25) is 0 Å². The summed E-state index contributed by atoms with van der Waals surface area (Å²) in [6.45, 7) is 5.36. The van der Waals surface area contributed by atoms with E-state index in [4.69, 9.17) is 9.47 Å². The van der Waals surface area contributed by atoms with Crippen molar-refractivity contribution in [1.29, 1.82) is 0 Å². The number of aromatic nitrogens is 3. The van der Waals surface area contributed by atoms with E-state index < -0.39 is 5.79 Å². The Kier molecular flexibility index (Phi) is 4.03. The maximum Gasteiger partial charge on any atom is 0.215 e. The quantitative estimate of drug-likeness (QED) is 0.848.